The lowest BCUT2D eigenvalue weighted by Crippen LogP contribution is -2.50. The molecule has 0 aromatic carbocycles. The zero-order chi connectivity index (χ0) is 16.5. The first-order chi connectivity index (χ1) is 11.2. The molecule has 1 fully saturated rings. The van der Waals surface area contributed by atoms with Crippen LogP contribution in [0.2, 0.25) is 0 Å². The fourth-order valence-corrected chi connectivity index (χ4v) is 2.40. The topological polar surface area (TPSA) is 77.6 Å². The molecule has 1 aromatic heterocycles. The Bertz CT molecular complexity index is 527. The van der Waals surface area contributed by atoms with E-state index in [-0.39, 0.29) is 12.5 Å². The second kappa shape index (κ2) is 9.02. The highest BCUT2D eigenvalue weighted by molar-refractivity contribution is 5.95. The summed E-state index contributed by atoms with van der Waals surface area (Å²) in [6.07, 6.45) is 3.36. The molecule has 0 unspecified atom stereocenters. The summed E-state index contributed by atoms with van der Waals surface area (Å²) in [7, 11) is 0. The van der Waals surface area contributed by atoms with Gasteiger partial charge in [-0.15, -0.1) is 6.58 Å². The maximum atomic E-state index is 11.8. The van der Waals surface area contributed by atoms with E-state index in [0.29, 0.717) is 6.54 Å². The molecule has 0 saturated carbocycles. The molecule has 1 aliphatic rings. The van der Waals surface area contributed by atoms with E-state index in [9.17, 15) is 9.59 Å². The third kappa shape index (κ3) is 6.17. The normalized spacial score (nSPS) is 15.8. The minimum atomic E-state index is -0.483. The first-order valence-electron chi connectivity index (χ1n) is 7.70. The van der Waals surface area contributed by atoms with Crippen LogP contribution < -0.4 is 10.6 Å². The number of carbonyl (C=O) groups excluding carboxylic acids is 2. The molecule has 2 rings (SSSR count). The van der Waals surface area contributed by atoms with E-state index in [0.717, 1.165) is 38.4 Å². The molecular weight excluding hydrogens is 294 g/mol. The van der Waals surface area contributed by atoms with E-state index in [2.05, 4.69) is 27.1 Å². The van der Waals surface area contributed by atoms with Crippen molar-refractivity contribution in [1.82, 2.24) is 25.4 Å². The third-order valence-electron chi connectivity index (χ3n) is 3.60. The standard InChI is InChI=1S/C16H23N5O2/c1-2-6-18-16(23)19-15(22)13-21-10-8-20(9-11-21)12-14-5-3-4-7-17-14/h2-5,7H,1,6,8-13H2,(H2,18,19,22,23). The minimum absolute atomic E-state index is 0.235. The number of hydrogen-bond donors (Lipinski definition) is 2. The van der Waals surface area contributed by atoms with Gasteiger partial charge in [0.1, 0.15) is 0 Å². The van der Waals surface area contributed by atoms with Gasteiger partial charge >= 0.3 is 6.03 Å². The molecule has 0 atom stereocenters. The van der Waals surface area contributed by atoms with E-state index < -0.39 is 6.03 Å². The summed E-state index contributed by atoms with van der Waals surface area (Å²) in [5.74, 6) is -0.287. The monoisotopic (exact) mass is 317 g/mol. The molecule has 0 aliphatic carbocycles. The van der Waals surface area contributed by atoms with Crippen LogP contribution in [0, 0.1) is 0 Å². The van der Waals surface area contributed by atoms with Crippen LogP contribution in [0.15, 0.2) is 37.1 Å². The van der Waals surface area contributed by atoms with Gasteiger partial charge in [0, 0.05) is 45.5 Å². The highest BCUT2D eigenvalue weighted by Crippen LogP contribution is 2.06. The van der Waals surface area contributed by atoms with E-state index in [1.807, 2.05) is 23.1 Å². The maximum absolute atomic E-state index is 11.8. The van der Waals surface area contributed by atoms with Crippen molar-refractivity contribution in [3.05, 3.63) is 42.7 Å². The number of piperazine rings is 1. The van der Waals surface area contributed by atoms with Gasteiger partial charge in [-0.2, -0.15) is 0 Å². The van der Waals surface area contributed by atoms with Crippen molar-refractivity contribution >= 4 is 11.9 Å². The van der Waals surface area contributed by atoms with E-state index in [1.54, 1.807) is 12.3 Å². The van der Waals surface area contributed by atoms with Gasteiger partial charge in [0.2, 0.25) is 5.91 Å². The summed E-state index contributed by atoms with van der Waals surface area (Å²) in [5, 5.41) is 4.82. The van der Waals surface area contributed by atoms with E-state index in [4.69, 9.17) is 0 Å². The van der Waals surface area contributed by atoms with Crippen molar-refractivity contribution in [2.75, 3.05) is 39.3 Å². The molecule has 124 valence electrons. The van der Waals surface area contributed by atoms with Crippen LogP contribution >= 0.6 is 0 Å². The van der Waals surface area contributed by atoms with Gasteiger partial charge in [-0.05, 0) is 12.1 Å². The Labute approximate surface area is 136 Å². The average molecular weight is 317 g/mol. The number of hydrogen-bond acceptors (Lipinski definition) is 5. The predicted octanol–water partition coefficient (Wildman–Crippen LogP) is 0.211. The van der Waals surface area contributed by atoms with Crippen molar-refractivity contribution in [1.29, 1.82) is 0 Å². The molecule has 23 heavy (non-hydrogen) atoms. The summed E-state index contributed by atoms with van der Waals surface area (Å²) < 4.78 is 0. The largest absolute Gasteiger partial charge is 0.334 e. The molecular formula is C16H23N5O2. The third-order valence-corrected chi connectivity index (χ3v) is 3.60. The van der Waals surface area contributed by atoms with Crippen LogP contribution in [-0.4, -0.2) is 66.0 Å². The zero-order valence-corrected chi connectivity index (χ0v) is 13.2. The Hall–Kier alpha value is -2.25. The lowest BCUT2D eigenvalue weighted by molar-refractivity contribution is -0.121. The van der Waals surface area contributed by atoms with Gasteiger partial charge in [-0.3, -0.25) is 24.9 Å². The molecule has 0 spiro atoms. The molecule has 1 aliphatic heterocycles. The Kier molecular flexibility index (Phi) is 6.71. The fraction of sp³-hybridized carbons (Fsp3) is 0.438. The van der Waals surface area contributed by atoms with Crippen LogP contribution in [0.25, 0.3) is 0 Å². The Morgan fingerprint density at radius 2 is 1.96 bits per heavy atom. The van der Waals surface area contributed by atoms with E-state index in [1.165, 1.54) is 0 Å². The molecule has 0 bridgehead atoms. The summed E-state index contributed by atoms with van der Waals surface area (Å²) >= 11 is 0. The molecule has 7 nitrogen and oxygen atoms in total. The van der Waals surface area contributed by atoms with Gasteiger partial charge < -0.3 is 5.32 Å². The zero-order valence-electron chi connectivity index (χ0n) is 13.2. The summed E-state index contributed by atoms with van der Waals surface area (Å²) in [4.78, 5) is 31.9. The second-order valence-corrected chi connectivity index (χ2v) is 5.42. The molecule has 7 heteroatoms. The number of imide groups is 1. The number of urea groups is 1. The van der Waals surface area contributed by atoms with Gasteiger partial charge in [0.15, 0.2) is 0 Å². The van der Waals surface area contributed by atoms with Crippen LogP contribution in [0.3, 0.4) is 0 Å². The Balaban J connectivity index is 1.67. The van der Waals surface area contributed by atoms with Crippen LogP contribution in [0.1, 0.15) is 5.69 Å². The van der Waals surface area contributed by atoms with Crippen LogP contribution in [0.5, 0.6) is 0 Å². The minimum Gasteiger partial charge on any atom is -0.334 e. The quantitative estimate of drug-likeness (QED) is 0.734. The van der Waals surface area contributed by atoms with Crippen molar-refractivity contribution in [3.8, 4) is 0 Å². The first-order valence-corrected chi connectivity index (χ1v) is 7.70. The number of aromatic nitrogens is 1. The number of pyridine rings is 1. The molecule has 1 saturated heterocycles. The van der Waals surface area contributed by atoms with Gasteiger partial charge in [-0.25, -0.2) is 4.79 Å². The fourth-order valence-electron chi connectivity index (χ4n) is 2.40. The van der Waals surface area contributed by atoms with Crippen molar-refractivity contribution < 1.29 is 9.59 Å². The number of nitrogens with zero attached hydrogens (tertiary/aromatic N) is 3. The van der Waals surface area contributed by atoms with Gasteiger partial charge in [0.05, 0.1) is 12.2 Å². The first kappa shape index (κ1) is 17.1. The smallest absolute Gasteiger partial charge is 0.321 e. The predicted molar refractivity (Wildman–Crippen MR) is 87.7 cm³/mol. The number of carbonyl (C=O) groups is 2. The average Bonchev–Trinajstić information content (AvgIpc) is 2.55. The SMILES string of the molecule is C=CCNC(=O)NC(=O)CN1CCN(Cc2ccccn2)CC1. The Morgan fingerprint density at radius 1 is 1.22 bits per heavy atom. The molecule has 0 radical (unpaired) electrons. The molecule has 2 N–H and O–H groups in total. The lowest BCUT2D eigenvalue weighted by Gasteiger charge is -2.33. The van der Waals surface area contributed by atoms with E-state index >= 15 is 0 Å². The van der Waals surface area contributed by atoms with Crippen molar-refractivity contribution in [3.63, 3.8) is 0 Å². The van der Waals surface area contributed by atoms with Gasteiger partial charge in [-0.1, -0.05) is 12.1 Å². The second-order valence-electron chi connectivity index (χ2n) is 5.42. The van der Waals surface area contributed by atoms with Gasteiger partial charge in [0.25, 0.3) is 0 Å². The lowest BCUT2D eigenvalue weighted by atomic mass is 10.2. The number of nitrogens with one attached hydrogen (secondary N) is 2. The molecule has 3 amide bonds. The van der Waals surface area contributed by atoms with Crippen molar-refractivity contribution in [2.24, 2.45) is 0 Å². The highest BCUT2D eigenvalue weighted by atomic mass is 16.2. The molecule has 2 heterocycles. The Morgan fingerprint density at radius 3 is 2.61 bits per heavy atom. The van der Waals surface area contributed by atoms with Crippen molar-refractivity contribution in [2.45, 2.75) is 6.54 Å². The summed E-state index contributed by atoms with van der Waals surface area (Å²) in [6, 6.07) is 5.43. The highest BCUT2D eigenvalue weighted by Gasteiger charge is 2.19. The summed E-state index contributed by atoms with van der Waals surface area (Å²) in [6.45, 7) is 8.26. The summed E-state index contributed by atoms with van der Waals surface area (Å²) in [5.41, 5.74) is 1.05. The van der Waals surface area contributed by atoms with Crippen LogP contribution in [-0.2, 0) is 11.3 Å². The molecule has 1 aromatic rings. The number of amides is 3. The number of rotatable bonds is 6. The van der Waals surface area contributed by atoms with Crippen LogP contribution in [0.4, 0.5) is 4.79 Å². The maximum Gasteiger partial charge on any atom is 0.321 e.